The molecular formula is C8H10AsNO. The van der Waals surface area contributed by atoms with Crippen LogP contribution in [0.1, 0.15) is 5.56 Å². The van der Waals surface area contributed by atoms with E-state index < -0.39 is 0 Å². The first-order valence-electron chi connectivity index (χ1n) is 3.31. The number of carbonyl (C=O) groups excluding carboxylic acids is 1. The Morgan fingerprint density at radius 1 is 1.36 bits per heavy atom. The molecule has 0 spiro atoms. The van der Waals surface area contributed by atoms with Crippen LogP contribution in [0.4, 0.5) is 0 Å². The summed E-state index contributed by atoms with van der Waals surface area (Å²) >= 11 is 1.58. The SMILES string of the molecule is NC(=O)Cc1ccc([AsH2])cc1. The number of benzene rings is 1. The van der Waals surface area contributed by atoms with Gasteiger partial charge in [-0.25, -0.2) is 0 Å². The summed E-state index contributed by atoms with van der Waals surface area (Å²) in [5.74, 6) is -0.278. The third-order valence-corrected chi connectivity index (χ3v) is 2.17. The average molecular weight is 211 g/mol. The molecule has 0 aliphatic rings. The Balaban J connectivity index is 2.74. The third kappa shape index (κ3) is 2.77. The third-order valence-electron chi connectivity index (χ3n) is 1.36. The van der Waals surface area contributed by atoms with Crippen molar-refractivity contribution in [1.29, 1.82) is 0 Å². The standard InChI is InChI=1S/C8H10AsNO/c9-7-3-1-6(2-4-7)5-8(10)11/h1-4H,5,9H2,(H2,10,11). The second-order valence-corrected chi connectivity index (χ2v) is 3.78. The molecule has 0 bridgehead atoms. The van der Waals surface area contributed by atoms with E-state index in [1.807, 2.05) is 24.3 Å². The molecule has 1 amide bonds. The molecule has 0 aliphatic heterocycles. The van der Waals surface area contributed by atoms with Gasteiger partial charge in [0.15, 0.2) is 0 Å². The van der Waals surface area contributed by atoms with E-state index in [-0.39, 0.29) is 5.91 Å². The molecular weight excluding hydrogens is 201 g/mol. The molecule has 0 fully saturated rings. The van der Waals surface area contributed by atoms with E-state index in [0.29, 0.717) is 6.42 Å². The Hall–Kier alpha value is -0.752. The van der Waals surface area contributed by atoms with Crippen LogP contribution in [0.15, 0.2) is 24.3 Å². The minimum absolute atomic E-state index is 0.278. The molecule has 3 heteroatoms. The van der Waals surface area contributed by atoms with Crippen LogP contribution in [0.2, 0.25) is 0 Å². The summed E-state index contributed by atoms with van der Waals surface area (Å²) in [5.41, 5.74) is 6.01. The molecule has 1 atom stereocenters. The first-order chi connectivity index (χ1) is 5.18. The number of nitrogens with two attached hydrogens (primary N) is 1. The van der Waals surface area contributed by atoms with Crippen LogP contribution >= 0.6 is 0 Å². The van der Waals surface area contributed by atoms with Crippen molar-refractivity contribution < 1.29 is 4.79 Å². The van der Waals surface area contributed by atoms with Gasteiger partial charge >= 0.3 is 73.9 Å². The molecule has 0 saturated carbocycles. The second-order valence-electron chi connectivity index (χ2n) is 2.38. The first-order valence-corrected chi connectivity index (χ1v) is 4.52. The monoisotopic (exact) mass is 211 g/mol. The summed E-state index contributed by atoms with van der Waals surface area (Å²) in [6.07, 6.45) is 0.341. The van der Waals surface area contributed by atoms with Crippen molar-refractivity contribution in [2.24, 2.45) is 5.73 Å². The molecule has 0 aromatic heterocycles. The van der Waals surface area contributed by atoms with Gasteiger partial charge in [0, 0.05) is 0 Å². The van der Waals surface area contributed by atoms with E-state index in [2.05, 4.69) is 0 Å². The molecule has 0 heterocycles. The topological polar surface area (TPSA) is 43.1 Å². The summed E-state index contributed by atoms with van der Waals surface area (Å²) < 4.78 is 1.26. The maximum atomic E-state index is 10.5. The molecule has 0 aliphatic carbocycles. The van der Waals surface area contributed by atoms with Crippen molar-refractivity contribution in [2.75, 3.05) is 0 Å². The summed E-state index contributed by atoms with van der Waals surface area (Å²) in [6, 6.07) is 7.86. The van der Waals surface area contributed by atoms with E-state index >= 15 is 0 Å². The van der Waals surface area contributed by atoms with E-state index in [0.717, 1.165) is 5.56 Å². The van der Waals surface area contributed by atoms with Gasteiger partial charge in [-0.2, -0.15) is 0 Å². The van der Waals surface area contributed by atoms with Crippen molar-refractivity contribution in [3.8, 4) is 0 Å². The number of carbonyl (C=O) groups is 1. The Kier molecular flexibility index (Phi) is 2.72. The molecule has 58 valence electrons. The van der Waals surface area contributed by atoms with Crippen LogP contribution in [-0.4, -0.2) is 22.8 Å². The van der Waals surface area contributed by atoms with Gasteiger partial charge in [0.05, 0.1) is 0 Å². The van der Waals surface area contributed by atoms with Gasteiger partial charge in [0.1, 0.15) is 0 Å². The number of rotatable bonds is 2. The molecule has 0 saturated heterocycles. The maximum absolute atomic E-state index is 10.5. The van der Waals surface area contributed by atoms with Gasteiger partial charge in [0.25, 0.3) is 0 Å². The fraction of sp³-hybridized carbons (Fsp3) is 0.125. The number of hydrogen-bond acceptors (Lipinski definition) is 1. The van der Waals surface area contributed by atoms with E-state index in [4.69, 9.17) is 5.73 Å². The summed E-state index contributed by atoms with van der Waals surface area (Å²) in [5, 5.41) is 0. The van der Waals surface area contributed by atoms with Crippen molar-refractivity contribution >= 4 is 27.1 Å². The molecule has 2 N–H and O–H groups in total. The first kappa shape index (κ1) is 8.35. The number of amides is 1. The number of hydrogen-bond donors (Lipinski definition) is 1. The van der Waals surface area contributed by atoms with Crippen LogP contribution < -0.4 is 10.1 Å². The molecule has 1 unspecified atom stereocenters. The van der Waals surface area contributed by atoms with Crippen LogP contribution in [0.25, 0.3) is 0 Å². The minimum atomic E-state index is -0.278. The Morgan fingerprint density at radius 3 is 2.36 bits per heavy atom. The van der Waals surface area contributed by atoms with Gasteiger partial charge < -0.3 is 0 Å². The Bertz CT molecular complexity index is 255. The number of primary amides is 1. The van der Waals surface area contributed by atoms with Crippen LogP contribution in [0.3, 0.4) is 0 Å². The zero-order valence-corrected chi connectivity index (χ0v) is 8.50. The molecule has 11 heavy (non-hydrogen) atoms. The Morgan fingerprint density at radius 2 is 1.91 bits per heavy atom. The van der Waals surface area contributed by atoms with Crippen LogP contribution in [-0.2, 0) is 11.2 Å². The van der Waals surface area contributed by atoms with Crippen LogP contribution in [0.5, 0.6) is 0 Å². The van der Waals surface area contributed by atoms with Gasteiger partial charge in [-0.1, -0.05) is 0 Å². The Labute approximate surface area is 74.3 Å². The molecule has 1 aromatic carbocycles. The summed E-state index contributed by atoms with van der Waals surface area (Å²) in [6.45, 7) is 0. The molecule has 0 radical (unpaired) electrons. The second kappa shape index (κ2) is 3.58. The molecule has 1 aromatic rings. The van der Waals surface area contributed by atoms with E-state index in [9.17, 15) is 4.79 Å². The van der Waals surface area contributed by atoms with Gasteiger partial charge in [-0.3, -0.25) is 0 Å². The fourth-order valence-corrected chi connectivity index (χ4v) is 1.24. The van der Waals surface area contributed by atoms with Gasteiger partial charge in [0.2, 0.25) is 0 Å². The van der Waals surface area contributed by atoms with E-state index in [1.165, 1.54) is 4.35 Å². The fourth-order valence-electron chi connectivity index (χ4n) is 0.837. The van der Waals surface area contributed by atoms with Crippen molar-refractivity contribution in [3.63, 3.8) is 0 Å². The molecule has 1 rings (SSSR count). The van der Waals surface area contributed by atoms with Crippen LogP contribution in [0, 0.1) is 0 Å². The van der Waals surface area contributed by atoms with Gasteiger partial charge in [-0.05, 0) is 0 Å². The summed E-state index contributed by atoms with van der Waals surface area (Å²) in [7, 11) is 0. The van der Waals surface area contributed by atoms with Crippen molar-refractivity contribution in [3.05, 3.63) is 29.8 Å². The van der Waals surface area contributed by atoms with Crippen molar-refractivity contribution in [2.45, 2.75) is 6.42 Å². The average Bonchev–Trinajstić information content (AvgIpc) is 1.93. The quantitative estimate of drug-likeness (QED) is 0.625. The zero-order chi connectivity index (χ0) is 8.27. The predicted molar refractivity (Wildman–Crippen MR) is 47.5 cm³/mol. The van der Waals surface area contributed by atoms with Gasteiger partial charge in [-0.15, -0.1) is 0 Å². The molecule has 2 nitrogen and oxygen atoms in total. The normalized spacial score (nSPS) is 9.55. The zero-order valence-electron chi connectivity index (χ0n) is 6.08. The van der Waals surface area contributed by atoms with E-state index in [1.54, 1.807) is 16.9 Å². The summed E-state index contributed by atoms with van der Waals surface area (Å²) in [4.78, 5) is 10.5. The predicted octanol–water partition coefficient (Wildman–Crippen LogP) is -1.03. The van der Waals surface area contributed by atoms with Crippen molar-refractivity contribution in [1.82, 2.24) is 0 Å².